The van der Waals surface area contributed by atoms with Crippen molar-refractivity contribution in [3.05, 3.63) is 64.7 Å². The molecular weight excluding hydrogens is 362 g/mol. The molecule has 5 heteroatoms. The Morgan fingerprint density at radius 1 is 1.08 bits per heavy atom. The van der Waals surface area contributed by atoms with Gasteiger partial charge in [-0.1, -0.05) is 49.7 Å². The van der Waals surface area contributed by atoms with Crippen LogP contribution in [0.5, 0.6) is 0 Å². The number of thiocarbonyl (C=S) groups is 1. The van der Waals surface area contributed by atoms with E-state index in [1.165, 1.54) is 11.1 Å². The predicted molar refractivity (Wildman–Crippen MR) is 115 cm³/mol. The van der Waals surface area contributed by atoms with Gasteiger partial charge in [0.1, 0.15) is 0 Å². The fourth-order valence-corrected chi connectivity index (χ4v) is 3.67. The minimum Gasteiger partial charge on any atom is -0.346 e. The summed E-state index contributed by atoms with van der Waals surface area (Å²) in [5.41, 5.74) is 3.66. The molecule has 0 unspecified atom stereocenters. The van der Waals surface area contributed by atoms with Gasteiger partial charge < -0.3 is 10.2 Å². The third kappa shape index (κ3) is 5.19. The van der Waals surface area contributed by atoms with Crippen molar-refractivity contribution in [2.75, 3.05) is 31.5 Å². The quantitative estimate of drug-likeness (QED) is 0.745. The number of piperazine rings is 1. The first-order valence-electron chi connectivity index (χ1n) is 9.14. The van der Waals surface area contributed by atoms with Gasteiger partial charge in [0.25, 0.3) is 0 Å². The van der Waals surface area contributed by atoms with Gasteiger partial charge in [0, 0.05) is 43.4 Å². The van der Waals surface area contributed by atoms with E-state index in [4.69, 9.17) is 23.8 Å². The van der Waals surface area contributed by atoms with Crippen LogP contribution < -0.4 is 5.32 Å². The molecule has 2 aromatic rings. The van der Waals surface area contributed by atoms with Crippen molar-refractivity contribution in [1.29, 1.82) is 0 Å². The molecule has 1 fully saturated rings. The molecule has 2 aromatic carbocycles. The van der Waals surface area contributed by atoms with Crippen LogP contribution in [0.1, 0.15) is 30.9 Å². The van der Waals surface area contributed by atoms with E-state index in [-0.39, 0.29) is 0 Å². The highest BCUT2D eigenvalue weighted by molar-refractivity contribution is 7.80. The van der Waals surface area contributed by atoms with Gasteiger partial charge in [-0.2, -0.15) is 0 Å². The maximum atomic E-state index is 6.08. The SMILES string of the molecule is CC(C)c1ccc(NC(=S)N2CCN(Cc3cccc(Cl)c3)CC2)cc1. The number of nitrogens with zero attached hydrogens (tertiary/aromatic N) is 2. The molecule has 0 spiro atoms. The maximum absolute atomic E-state index is 6.08. The molecule has 0 aliphatic carbocycles. The summed E-state index contributed by atoms with van der Waals surface area (Å²) in [6, 6.07) is 16.6. The van der Waals surface area contributed by atoms with Crippen molar-refractivity contribution >= 4 is 34.6 Å². The summed E-state index contributed by atoms with van der Waals surface area (Å²) >= 11 is 11.7. The second-order valence-corrected chi connectivity index (χ2v) is 7.92. The number of anilines is 1. The van der Waals surface area contributed by atoms with Crippen molar-refractivity contribution in [1.82, 2.24) is 9.80 Å². The molecule has 0 radical (unpaired) electrons. The molecule has 0 aromatic heterocycles. The van der Waals surface area contributed by atoms with Crippen LogP contribution in [0.25, 0.3) is 0 Å². The number of hydrogen-bond acceptors (Lipinski definition) is 2. The van der Waals surface area contributed by atoms with Crippen LogP contribution in [0.2, 0.25) is 5.02 Å². The van der Waals surface area contributed by atoms with Gasteiger partial charge in [-0.3, -0.25) is 4.90 Å². The van der Waals surface area contributed by atoms with Gasteiger partial charge in [0.2, 0.25) is 0 Å². The zero-order chi connectivity index (χ0) is 18.5. The first kappa shape index (κ1) is 19.2. The van der Waals surface area contributed by atoms with E-state index in [1.807, 2.05) is 18.2 Å². The van der Waals surface area contributed by atoms with Crippen molar-refractivity contribution < 1.29 is 0 Å². The molecule has 1 aliphatic rings. The highest BCUT2D eigenvalue weighted by Crippen LogP contribution is 2.18. The Balaban J connectivity index is 1.48. The van der Waals surface area contributed by atoms with Crippen molar-refractivity contribution in [3.8, 4) is 0 Å². The van der Waals surface area contributed by atoms with Crippen LogP contribution in [0, 0.1) is 0 Å². The Hall–Kier alpha value is -1.62. The average Bonchev–Trinajstić information content (AvgIpc) is 2.63. The Kier molecular flexibility index (Phi) is 6.52. The van der Waals surface area contributed by atoms with Gasteiger partial charge >= 0.3 is 0 Å². The number of halogens is 1. The molecule has 138 valence electrons. The summed E-state index contributed by atoms with van der Waals surface area (Å²) in [6.07, 6.45) is 0. The second kappa shape index (κ2) is 8.85. The number of nitrogens with one attached hydrogen (secondary N) is 1. The second-order valence-electron chi connectivity index (χ2n) is 7.10. The lowest BCUT2D eigenvalue weighted by Crippen LogP contribution is -2.49. The number of benzene rings is 2. The van der Waals surface area contributed by atoms with Gasteiger partial charge in [-0.15, -0.1) is 0 Å². The fraction of sp³-hybridized carbons (Fsp3) is 0.381. The lowest BCUT2D eigenvalue weighted by Gasteiger charge is -2.36. The lowest BCUT2D eigenvalue weighted by molar-refractivity contribution is 0.177. The van der Waals surface area contributed by atoms with Crippen LogP contribution in [0.3, 0.4) is 0 Å². The standard InChI is InChI=1S/C21H26ClN3S/c1-16(2)18-6-8-20(9-7-18)23-21(26)25-12-10-24(11-13-25)15-17-4-3-5-19(22)14-17/h3-9,14,16H,10-13,15H2,1-2H3,(H,23,26). The van der Waals surface area contributed by atoms with E-state index in [2.05, 4.69) is 59.3 Å². The molecule has 3 nitrogen and oxygen atoms in total. The first-order valence-corrected chi connectivity index (χ1v) is 9.92. The van der Waals surface area contributed by atoms with Crippen LogP contribution >= 0.6 is 23.8 Å². The average molecular weight is 388 g/mol. The van der Waals surface area contributed by atoms with Crippen LogP contribution in [0.15, 0.2) is 48.5 Å². The summed E-state index contributed by atoms with van der Waals surface area (Å²) in [7, 11) is 0. The lowest BCUT2D eigenvalue weighted by atomic mass is 10.0. The monoisotopic (exact) mass is 387 g/mol. The maximum Gasteiger partial charge on any atom is 0.173 e. The number of hydrogen-bond donors (Lipinski definition) is 1. The van der Waals surface area contributed by atoms with Gasteiger partial charge in [-0.25, -0.2) is 0 Å². The van der Waals surface area contributed by atoms with Crippen LogP contribution in [-0.4, -0.2) is 41.1 Å². The van der Waals surface area contributed by atoms with Crippen LogP contribution in [0.4, 0.5) is 5.69 Å². The van der Waals surface area contributed by atoms with E-state index in [0.29, 0.717) is 5.92 Å². The Labute approximate surface area is 166 Å². The summed E-state index contributed by atoms with van der Waals surface area (Å²) in [5.74, 6) is 0.545. The molecule has 3 rings (SSSR count). The molecule has 0 atom stereocenters. The Morgan fingerprint density at radius 3 is 2.38 bits per heavy atom. The Bertz CT molecular complexity index is 737. The third-order valence-corrected chi connectivity index (χ3v) is 5.38. The zero-order valence-electron chi connectivity index (χ0n) is 15.4. The molecule has 0 bridgehead atoms. The number of rotatable bonds is 4. The molecule has 1 N–H and O–H groups in total. The van der Waals surface area contributed by atoms with Gasteiger partial charge in [0.05, 0.1) is 0 Å². The molecule has 0 amide bonds. The largest absolute Gasteiger partial charge is 0.346 e. The normalized spacial score (nSPS) is 15.3. The summed E-state index contributed by atoms with van der Waals surface area (Å²) in [5, 5.41) is 4.98. The zero-order valence-corrected chi connectivity index (χ0v) is 17.0. The van der Waals surface area contributed by atoms with E-state index >= 15 is 0 Å². The Morgan fingerprint density at radius 2 is 1.77 bits per heavy atom. The molecule has 26 heavy (non-hydrogen) atoms. The fourth-order valence-electron chi connectivity index (χ4n) is 3.16. The van der Waals surface area contributed by atoms with Crippen LogP contribution in [-0.2, 0) is 6.54 Å². The third-order valence-electron chi connectivity index (χ3n) is 4.78. The van der Waals surface area contributed by atoms with E-state index in [0.717, 1.165) is 48.5 Å². The van der Waals surface area contributed by atoms with Crippen molar-refractivity contribution in [2.24, 2.45) is 0 Å². The van der Waals surface area contributed by atoms with E-state index < -0.39 is 0 Å². The van der Waals surface area contributed by atoms with Gasteiger partial charge in [-0.05, 0) is 53.5 Å². The van der Waals surface area contributed by atoms with E-state index in [9.17, 15) is 0 Å². The molecular formula is C21H26ClN3S. The molecule has 1 aliphatic heterocycles. The first-order chi connectivity index (χ1) is 12.5. The van der Waals surface area contributed by atoms with Crippen molar-refractivity contribution in [3.63, 3.8) is 0 Å². The van der Waals surface area contributed by atoms with Crippen molar-refractivity contribution in [2.45, 2.75) is 26.3 Å². The molecule has 1 heterocycles. The van der Waals surface area contributed by atoms with E-state index in [1.54, 1.807) is 0 Å². The highest BCUT2D eigenvalue weighted by Gasteiger charge is 2.19. The minimum absolute atomic E-state index is 0.545. The smallest absolute Gasteiger partial charge is 0.173 e. The molecule has 1 saturated heterocycles. The highest BCUT2D eigenvalue weighted by atomic mass is 35.5. The van der Waals surface area contributed by atoms with Gasteiger partial charge in [0.15, 0.2) is 5.11 Å². The summed E-state index contributed by atoms with van der Waals surface area (Å²) in [6.45, 7) is 9.23. The summed E-state index contributed by atoms with van der Waals surface area (Å²) < 4.78 is 0. The molecule has 0 saturated carbocycles. The predicted octanol–water partition coefficient (Wildman–Crippen LogP) is 4.98. The summed E-state index contributed by atoms with van der Waals surface area (Å²) in [4.78, 5) is 4.70. The minimum atomic E-state index is 0.545. The topological polar surface area (TPSA) is 18.5 Å².